The lowest BCUT2D eigenvalue weighted by molar-refractivity contribution is 0.592. The molecule has 0 spiro atoms. The Kier molecular flexibility index (Phi) is 5.59. The van der Waals surface area contributed by atoms with E-state index in [0.29, 0.717) is 17.8 Å². The van der Waals surface area contributed by atoms with Gasteiger partial charge >= 0.3 is 0 Å². The fourth-order valence-electron chi connectivity index (χ4n) is 2.34. The number of hydrazine groups is 1. The van der Waals surface area contributed by atoms with Crippen molar-refractivity contribution in [3.63, 3.8) is 0 Å². The number of nitrogens with zero attached hydrogens (tertiary/aromatic N) is 2. The van der Waals surface area contributed by atoms with Gasteiger partial charge in [0.2, 0.25) is 0 Å². The van der Waals surface area contributed by atoms with Crippen molar-refractivity contribution in [2.75, 3.05) is 10.7 Å². The first-order chi connectivity index (χ1) is 9.72. The van der Waals surface area contributed by atoms with Gasteiger partial charge in [0.25, 0.3) is 0 Å². The third kappa shape index (κ3) is 4.63. The minimum Gasteiger partial charge on any atom is -0.367 e. The molecule has 0 aromatic carbocycles. The first kappa shape index (κ1) is 15.0. The zero-order valence-corrected chi connectivity index (χ0v) is 12.7. The number of nitrogens with one attached hydrogen (secondary N) is 2. The highest BCUT2D eigenvalue weighted by atomic mass is 15.3. The standard InChI is InChI=1S/C15H27N5/c1-3-4-5-6-7-11(2)17-13-10-14(20-16)19-15(18-13)12-8-9-12/h10-12H,3-9,16H2,1-2H3,(H2,17,18,19,20). The molecule has 1 aliphatic rings. The first-order valence-corrected chi connectivity index (χ1v) is 7.85. The highest BCUT2D eigenvalue weighted by Crippen LogP contribution is 2.38. The van der Waals surface area contributed by atoms with Gasteiger partial charge in [0.1, 0.15) is 17.5 Å². The lowest BCUT2D eigenvalue weighted by atomic mass is 10.1. The predicted octanol–water partition coefficient (Wildman–Crippen LogP) is 3.41. The zero-order chi connectivity index (χ0) is 14.4. The average Bonchev–Trinajstić information content (AvgIpc) is 3.28. The predicted molar refractivity (Wildman–Crippen MR) is 83.7 cm³/mol. The lowest BCUT2D eigenvalue weighted by Crippen LogP contribution is -2.18. The van der Waals surface area contributed by atoms with Crippen molar-refractivity contribution < 1.29 is 0 Å². The maximum absolute atomic E-state index is 5.48. The van der Waals surface area contributed by atoms with Crippen LogP contribution in [0.3, 0.4) is 0 Å². The topological polar surface area (TPSA) is 75.9 Å². The second-order valence-corrected chi connectivity index (χ2v) is 5.81. The molecule has 0 amide bonds. The third-order valence-electron chi connectivity index (χ3n) is 3.72. The third-order valence-corrected chi connectivity index (χ3v) is 3.72. The maximum Gasteiger partial charge on any atom is 0.145 e. The molecule has 1 aromatic heterocycles. The molecule has 1 fully saturated rings. The Hall–Kier alpha value is -1.36. The summed E-state index contributed by atoms with van der Waals surface area (Å²) in [5.74, 6) is 8.52. The van der Waals surface area contributed by atoms with Crippen LogP contribution in [-0.2, 0) is 0 Å². The van der Waals surface area contributed by atoms with Crippen molar-refractivity contribution in [2.45, 2.75) is 70.8 Å². The van der Waals surface area contributed by atoms with Gasteiger partial charge in [0.05, 0.1) is 0 Å². The van der Waals surface area contributed by atoms with E-state index in [2.05, 4.69) is 34.6 Å². The van der Waals surface area contributed by atoms with Gasteiger partial charge in [-0.3, -0.25) is 0 Å². The summed E-state index contributed by atoms with van der Waals surface area (Å²) in [6.07, 6.45) is 8.76. The van der Waals surface area contributed by atoms with E-state index in [4.69, 9.17) is 5.84 Å². The average molecular weight is 277 g/mol. The van der Waals surface area contributed by atoms with Crippen LogP contribution < -0.4 is 16.6 Å². The molecule has 1 aromatic rings. The van der Waals surface area contributed by atoms with Gasteiger partial charge in [-0.05, 0) is 26.2 Å². The van der Waals surface area contributed by atoms with Crippen molar-refractivity contribution in [1.29, 1.82) is 0 Å². The quantitative estimate of drug-likeness (QED) is 0.366. The maximum atomic E-state index is 5.48. The Morgan fingerprint density at radius 1 is 1.25 bits per heavy atom. The second kappa shape index (κ2) is 7.43. The summed E-state index contributed by atoms with van der Waals surface area (Å²) in [5.41, 5.74) is 2.63. The van der Waals surface area contributed by atoms with Crippen LogP contribution in [0, 0.1) is 0 Å². The fourth-order valence-corrected chi connectivity index (χ4v) is 2.34. The monoisotopic (exact) mass is 277 g/mol. The van der Waals surface area contributed by atoms with Gasteiger partial charge in [-0.2, -0.15) is 0 Å². The molecule has 0 saturated heterocycles. The number of unbranched alkanes of at least 4 members (excludes halogenated alkanes) is 3. The molecule has 5 heteroatoms. The summed E-state index contributed by atoms with van der Waals surface area (Å²) in [6.45, 7) is 4.45. The highest BCUT2D eigenvalue weighted by Gasteiger charge is 2.27. The van der Waals surface area contributed by atoms with Crippen LogP contribution in [0.1, 0.15) is 70.5 Å². The SMILES string of the molecule is CCCCCCC(C)Nc1cc(NN)nc(C2CC2)n1. The summed E-state index contributed by atoms with van der Waals surface area (Å²) in [4.78, 5) is 9.03. The number of hydrogen-bond acceptors (Lipinski definition) is 5. The molecule has 0 aliphatic heterocycles. The Balaban J connectivity index is 1.88. The van der Waals surface area contributed by atoms with E-state index in [0.717, 1.165) is 11.6 Å². The number of nitrogens with two attached hydrogens (primary N) is 1. The van der Waals surface area contributed by atoms with Gasteiger partial charge in [-0.1, -0.05) is 32.6 Å². The molecule has 1 saturated carbocycles. The van der Waals surface area contributed by atoms with Crippen molar-refractivity contribution in [3.8, 4) is 0 Å². The fraction of sp³-hybridized carbons (Fsp3) is 0.733. The van der Waals surface area contributed by atoms with Crippen molar-refractivity contribution in [2.24, 2.45) is 5.84 Å². The molecular formula is C15H27N5. The minimum atomic E-state index is 0.430. The van der Waals surface area contributed by atoms with E-state index in [1.165, 1.54) is 44.9 Å². The lowest BCUT2D eigenvalue weighted by Gasteiger charge is -2.15. The van der Waals surface area contributed by atoms with Gasteiger partial charge in [-0.25, -0.2) is 15.8 Å². The molecule has 1 unspecified atom stereocenters. The van der Waals surface area contributed by atoms with Crippen LogP contribution in [0.25, 0.3) is 0 Å². The summed E-state index contributed by atoms with van der Waals surface area (Å²) in [6, 6.07) is 2.31. The van der Waals surface area contributed by atoms with Crippen molar-refractivity contribution >= 4 is 11.6 Å². The van der Waals surface area contributed by atoms with Gasteiger partial charge in [0.15, 0.2) is 0 Å². The summed E-state index contributed by atoms with van der Waals surface area (Å²) < 4.78 is 0. The highest BCUT2D eigenvalue weighted by molar-refractivity contribution is 5.48. The Morgan fingerprint density at radius 3 is 2.65 bits per heavy atom. The number of nitrogen functional groups attached to an aromatic ring is 1. The van der Waals surface area contributed by atoms with Crippen LogP contribution in [0.15, 0.2) is 6.07 Å². The van der Waals surface area contributed by atoms with Crippen molar-refractivity contribution in [3.05, 3.63) is 11.9 Å². The Labute approximate surface area is 121 Å². The van der Waals surface area contributed by atoms with Crippen LogP contribution >= 0.6 is 0 Å². The van der Waals surface area contributed by atoms with Crippen LogP contribution in [0.5, 0.6) is 0 Å². The molecule has 4 N–H and O–H groups in total. The molecule has 0 bridgehead atoms. The summed E-state index contributed by atoms with van der Waals surface area (Å²) in [5, 5.41) is 3.47. The number of anilines is 2. The Bertz CT molecular complexity index is 417. The molecule has 0 radical (unpaired) electrons. The summed E-state index contributed by atoms with van der Waals surface area (Å²) in [7, 11) is 0. The van der Waals surface area contributed by atoms with E-state index in [-0.39, 0.29) is 0 Å². The molecule has 1 atom stereocenters. The molecule has 2 rings (SSSR count). The van der Waals surface area contributed by atoms with Crippen molar-refractivity contribution in [1.82, 2.24) is 9.97 Å². The number of rotatable bonds is 9. The van der Waals surface area contributed by atoms with Gasteiger partial charge in [-0.15, -0.1) is 0 Å². The first-order valence-electron chi connectivity index (χ1n) is 7.85. The molecule has 5 nitrogen and oxygen atoms in total. The second-order valence-electron chi connectivity index (χ2n) is 5.81. The van der Waals surface area contributed by atoms with E-state index < -0.39 is 0 Å². The number of aromatic nitrogens is 2. The van der Waals surface area contributed by atoms with E-state index in [9.17, 15) is 0 Å². The zero-order valence-electron chi connectivity index (χ0n) is 12.7. The normalized spacial score (nSPS) is 15.9. The molecule has 20 heavy (non-hydrogen) atoms. The Morgan fingerprint density at radius 2 is 2.00 bits per heavy atom. The smallest absolute Gasteiger partial charge is 0.145 e. The molecular weight excluding hydrogens is 250 g/mol. The minimum absolute atomic E-state index is 0.430. The summed E-state index contributed by atoms with van der Waals surface area (Å²) >= 11 is 0. The van der Waals surface area contributed by atoms with Crippen LogP contribution in [0.4, 0.5) is 11.6 Å². The van der Waals surface area contributed by atoms with Crippen LogP contribution in [-0.4, -0.2) is 16.0 Å². The van der Waals surface area contributed by atoms with E-state index in [1.807, 2.05) is 6.07 Å². The van der Waals surface area contributed by atoms with Crippen LogP contribution in [0.2, 0.25) is 0 Å². The molecule has 112 valence electrons. The molecule has 1 aliphatic carbocycles. The van der Waals surface area contributed by atoms with E-state index >= 15 is 0 Å². The number of hydrogen-bond donors (Lipinski definition) is 3. The van der Waals surface area contributed by atoms with Gasteiger partial charge in [0, 0.05) is 18.0 Å². The molecule has 1 heterocycles. The van der Waals surface area contributed by atoms with E-state index in [1.54, 1.807) is 0 Å². The largest absolute Gasteiger partial charge is 0.367 e. The van der Waals surface area contributed by atoms with Gasteiger partial charge < -0.3 is 10.7 Å².